The van der Waals surface area contributed by atoms with E-state index in [0.717, 1.165) is 0 Å². The number of hydrogen-bond donors (Lipinski definition) is 1. The zero-order valence-electron chi connectivity index (χ0n) is 5.37. The van der Waals surface area contributed by atoms with Crippen LogP contribution in [0.5, 0.6) is 0 Å². The smallest absolute Gasteiger partial charge is 0.178 e. The molecule has 0 fully saturated rings. The fourth-order valence-corrected chi connectivity index (χ4v) is 1.07. The van der Waals surface area contributed by atoms with Gasteiger partial charge in [-0.15, -0.1) is 0 Å². The lowest BCUT2D eigenvalue weighted by Gasteiger charge is -1.92. The maximum atomic E-state index is 8.97. The number of thiocarbonyl (C=S) groups is 1. The molecule has 1 N–H and O–H groups in total. The van der Waals surface area contributed by atoms with Gasteiger partial charge in [-0.25, -0.2) is 4.99 Å². The molecule has 0 aromatic rings. The molecule has 0 aliphatic carbocycles. The van der Waals surface area contributed by atoms with E-state index in [1.54, 1.807) is 25.4 Å². The van der Waals surface area contributed by atoms with Crippen LogP contribution in [0.25, 0.3) is 0 Å². The minimum absolute atomic E-state index is 0.347. The van der Waals surface area contributed by atoms with Crippen molar-refractivity contribution in [1.29, 1.82) is 0 Å². The molecule has 0 aliphatic heterocycles. The molecular weight excluding hydrogens is 154 g/mol. The molecule has 0 aliphatic rings. The van der Waals surface area contributed by atoms with Gasteiger partial charge in [0.1, 0.15) is 0 Å². The van der Waals surface area contributed by atoms with E-state index in [4.69, 9.17) is 16.8 Å². The fraction of sp³-hybridized carbons (Fsp3) is 0.400. The predicted molar refractivity (Wildman–Crippen MR) is 48.7 cm³/mol. The largest absolute Gasteiger partial charge is 0.331 e. The molecule has 0 heterocycles. The summed E-state index contributed by atoms with van der Waals surface area (Å²) < 4.78 is 9.32. The van der Waals surface area contributed by atoms with E-state index < -0.39 is 10.8 Å². The number of rotatable bonds is 0. The van der Waals surface area contributed by atoms with Crippen LogP contribution in [0.4, 0.5) is 0 Å². The Morgan fingerprint density at radius 3 is 2.56 bits per heavy atom. The van der Waals surface area contributed by atoms with Crippen molar-refractivity contribution in [3.63, 3.8) is 0 Å². The Labute approximate surface area is 62.8 Å². The van der Waals surface area contributed by atoms with Crippen molar-refractivity contribution in [1.82, 2.24) is 0 Å². The standard InChI is InChI=1S/C5H9NOS2/c1-3-6-5(8)9(7)4-2/h3-4,7H,1-2H3. The van der Waals surface area contributed by atoms with Gasteiger partial charge in [0, 0.05) is 6.21 Å². The van der Waals surface area contributed by atoms with E-state index in [1.165, 1.54) is 0 Å². The Balaban J connectivity index is 4.05. The summed E-state index contributed by atoms with van der Waals surface area (Å²) in [4.78, 5) is 3.73. The average molecular weight is 163 g/mol. The second-order valence-corrected chi connectivity index (χ2v) is 3.34. The third-order valence-electron chi connectivity index (χ3n) is 0.637. The van der Waals surface area contributed by atoms with Crippen molar-refractivity contribution >= 4 is 38.9 Å². The summed E-state index contributed by atoms with van der Waals surface area (Å²) in [6.45, 7) is 3.51. The van der Waals surface area contributed by atoms with Gasteiger partial charge in [-0.3, -0.25) is 0 Å². The Morgan fingerprint density at radius 1 is 1.67 bits per heavy atom. The van der Waals surface area contributed by atoms with Crippen LogP contribution in [0.15, 0.2) is 4.99 Å². The lowest BCUT2D eigenvalue weighted by Crippen LogP contribution is -1.84. The van der Waals surface area contributed by atoms with E-state index >= 15 is 0 Å². The normalized spacial score (nSPS) is 14.6. The first-order valence-electron chi connectivity index (χ1n) is 2.46. The number of nitrogens with zero attached hydrogens (tertiary/aromatic N) is 1. The lowest BCUT2D eigenvalue weighted by atomic mass is 10.9. The van der Waals surface area contributed by atoms with Gasteiger partial charge in [0.05, 0.1) is 0 Å². The highest BCUT2D eigenvalue weighted by atomic mass is 32.2. The highest BCUT2D eigenvalue weighted by molar-refractivity contribution is 8.30. The van der Waals surface area contributed by atoms with Gasteiger partial charge in [0.25, 0.3) is 0 Å². The van der Waals surface area contributed by atoms with Crippen LogP contribution in [0.3, 0.4) is 0 Å². The second kappa shape index (κ2) is 4.78. The fourth-order valence-electron chi connectivity index (χ4n) is 0.260. The summed E-state index contributed by atoms with van der Waals surface area (Å²) in [6.07, 6.45) is 1.57. The maximum Gasteiger partial charge on any atom is 0.178 e. The zero-order valence-corrected chi connectivity index (χ0v) is 7.00. The van der Waals surface area contributed by atoms with E-state index in [2.05, 4.69) is 4.99 Å². The van der Waals surface area contributed by atoms with Crippen LogP contribution in [-0.4, -0.2) is 20.5 Å². The van der Waals surface area contributed by atoms with Crippen molar-refractivity contribution in [3.8, 4) is 0 Å². The molecule has 0 aromatic carbocycles. The molecule has 4 heteroatoms. The summed E-state index contributed by atoms with van der Waals surface area (Å²) in [6, 6.07) is 0. The quantitative estimate of drug-likeness (QED) is 0.437. The van der Waals surface area contributed by atoms with Crippen LogP contribution in [0, 0.1) is 0 Å². The molecule has 0 bridgehead atoms. The van der Waals surface area contributed by atoms with E-state index in [9.17, 15) is 0 Å². The van der Waals surface area contributed by atoms with Crippen molar-refractivity contribution in [2.45, 2.75) is 13.8 Å². The van der Waals surface area contributed by atoms with Crippen LogP contribution in [-0.2, 0) is 0 Å². The van der Waals surface area contributed by atoms with Gasteiger partial charge in [-0.1, -0.05) is 0 Å². The lowest BCUT2D eigenvalue weighted by molar-refractivity contribution is 0.670. The van der Waals surface area contributed by atoms with Gasteiger partial charge in [-0.05, 0) is 42.2 Å². The maximum absolute atomic E-state index is 8.97. The van der Waals surface area contributed by atoms with Gasteiger partial charge in [-0.2, -0.15) is 0 Å². The van der Waals surface area contributed by atoms with E-state index in [-0.39, 0.29) is 0 Å². The topological polar surface area (TPSA) is 32.6 Å². The van der Waals surface area contributed by atoms with Gasteiger partial charge in [0.15, 0.2) is 4.32 Å². The minimum atomic E-state index is -0.913. The van der Waals surface area contributed by atoms with Gasteiger partial charge in [0.2, 0.25) is 0 Å². The molecule has 52 valence electrons. The molecule has 1 atom stereocenters. The summed E-state index contributed by atoms with van der Waals surface area (Å²) >= 11 is 4.71. The Kier molecular flexibility index (Phi) is 4.75. The van der Waals surface area contributed by atoms with Crippen LogP contribution >= 0.6 is 23.0 Å². The second-order valence-electron chi connectivity index (χ2n) is 1.20. The van der Waals surface area contributed by atoms with Crippen LogP contribution in [0.2, 0.25) is 0 Å². The van der Waals surface area contributed by atoms with Gasteiger partial charge >= 0.3 is 0 Å². The SMILES string of the molecule is CC=NC(=S)S(O)=CC. The molecule has 0 aromatic heterocycles. The zero-order chi connectivity index (χ0) is 7.28. The first-order chi connectivity index (χ1) is 4.22. The van der Waals surface area contributed by atoms with Crippen molar-refractivity contribution in [3.05, 3.63) is 0 Å². The molecule has 0 amide bonds. The molecule has 0 rings (SSSR count). The molecule has 0 saturated heterocycles. The molecule has 0 radical (unpaired) electrons. The molecule has 9 heavy (non-hydrogen) atoms. The van der Waals surface area contributed by atoms with E-state index in [1.807, 2.05) is 0 Å². The third-order valence-corrected chi connectivity index (χ3v) is 2.16. The predicted octanol–water partition coefficient (Wildman–Crippen LogP) is 1.93. The minimum Gasteiger partial charge on any atom is -0.331 e. The number of hydrogen-bond acceptors (Lipinski definition) is 2. The van der Waals surface area contributed by atoms with Crippen molar-refractivity contribution < 1.29 is 4.55 Å². The van der Waals surface area contributed by atoms with Crippen molar-refractivity contribution in [2.75, 3.05) is 0 Å². The molecular formula is C5H9NOS2. The first-order valence-corrected chi connectivity index (χ1v) is 4.12. The Morgan fingerprint density at radius 2 is 2.22 bits per heavy atom. The van der Waals surface area contributed by atoms with Gasteiger partial charge < -0.3 is 4.55 Å². The van der Waals surface area contributed by atoms with Crippen molar-refractivity contribution in [2.24, 2.45) is 4.99 Å². The highest BCUT2D eigenvalue weighted by Crippen LogP contribution is 2.07. The molecule has 2 nitrogen and oxygen atoms in total. The summed E-state index contributed by atoms with van der Waals surface area (Å²) in [5.74, 6) is 0. The Hall–Kier alpha value is -0.0600. The number of aliphatic imine (C=N–C) groups is 1. The third kappa shape index (κ3) is 3.51. The molecule has 0 spiro atoms. The van der Waals surface area contributed by atoms with E-state index in [0.29, 0.717) is 4.32 Å². The molecule has 0 saturated carbocycles. The summed E-state index contributed by atoms with van der Waals surface area (Å²) in [5, 5.41) is 1.62. The summed E-state index contributed by atoms with van der Waals surface area (Å²) in [5.41, 5.74) is 0. The highest BCUT2D eigenvalue weighted by Gasteiger charge is 1.90. The molecule has 1 unspecified atom stereocenters. The average Bonchev–Trinajstić information content (AvgIpc) is 1.87. The first kappa shape index (κ1) is 8.94. The Bertz CT molecular complexity index is 162. The van der Waals surface area contributed by atoms with Crippen LogP contribution in [0.1, 0.15) is 13.8 Å². The summed E-state index contributed by atoms with van der Waals surface area (Å²) in [7, 11) is -0.913. The monoisotopic (exact) mass is 163 g/mol. The van der Waals surface area contributed by atoms with Crippen LogP contribution < -0.4 is 0 Å².